The van der Waals surface area contributed by atoms with E-state index in [0.29, 0.717) is 12.3 Å². The highest BCUT2D eigenvalue weighted by Crippen LogP contribution is 2.19. The number of rotatable bonds is 2. The zero-order valence-corrected chi connectivity index (χ0v) is 9.18. The molecule has 1 saturated heterocycles. The Balaban J connectivity index is 2.28. The number of aromatic nitrogens is 2. The van der Waals surface area contributed by atoms with Crippen molar-refractivity contribution in [2.75, 3.05) is 24.6 Å². The van der Waals surface area contributed by atoms with E-state index in [1.165, 1.54) is 0 Å². The minimum absolute atomic E-state index is 0.0535. The topological polar surface area (TPSA) is 88.1 Å². The zero-order valence-electron chi connectivity index (χ0n) is 9.18. The van der Waals surface area contributed by atoms with Crippen molar-refractivity contribution in [3.63, 3.8) is 0 Å². The molecule has 1 fully saturated rings. The standard InChI is InChI=1S/C10H15N5O/c1-7-6-15(4-5-16-7)8-2-3-13-14-9(8)10(11)12/h2-3,7H,4-6H2,1H3,(H3,11,12). The van der Waals surface area contributed by atoms with Gasteiger partial charge in [0.2, 0.25) is 0 Å². The van der Waals surface area contributed by atoms with E-state index in [1.807, 2.05) is 13.0 Å². The quantitative estimate of drug-likeness (QED) is 0.541. The highest BCUT2D eigenvalue weighted by molar-refractivity contribution is 5.98. The van der Waals surface area contributed by atoms with Crippen molar-refractivity contribution < 1.29 is 4.74 Å². The number of ether oxygens (including phenoxy) is 1. The fraction of sp³-hybridized carbons (Fsp3) is 0.500. The van der Waals surface area contributed by atoms with Gasteiger partial charge in [-0.05, 0) is 13.0 Å². The van der Waals surface area contributed by atoms with Gasteiger partial charge in [0, 0.05) is 13.1 Å². The van der Waals surface area contributed by atoms with Gasteiger partial charge in [-0.3, -0.25) is 5.41 Å². The number of nitrogens with zero attached hydrogens (tertiary/aromatic N) is 3. The summed E-state index contributed by atoms with van der Waals surface area (Å²) < 4.78 is 5.47. The number of nitrogens with two attached hydrogens (primary N) is 1. The number of morpholine rings is 1. The van der Waals surface area contributed by atoms with E-state index in [4.69, 9.17) is 15.9 Å². The Hall–Kier alpha value is -1.69. The molecule has 0 aromatic carbocycles. The third-order valence-electron chi connectivity index (χ3n) is 2.54. The van der Waals surface area contributed by atoms with E-state index in [9.17, 15) is 0 Å². The molecule has 1 atom stereocenters. The van der Waals surface area contributed by atoms with Gasteiger partial charge in [-0.15, -0.1) is 5.10 Å². The maximum Gasteiger partial charge on any atom is 0.150 e. The molecule has 1 aliphatic rings. The largest absolute Gasteiger partial charge is 0.382 e. The number of amidine groups is 1. The molecular formula is C10H15N5O. The molecule has 3 N–H and O–H groups in total. The third kappa shape index (κ3) is 2.11. The number of hydrogen-bond donors (Lipinski definition) is 2. The summed E-state index contributed by atoms with van der Waals surface area (Å²) in [6.45, 7) is 4.28. The lowest BCUT2D eigenvalue weighted by molar-refractivity contribution is 0.0532. The molecule has 0 bridgehead atoms. The molecule has 1 unspecified atom stereocenters. The highest BCUT2D eigenvalue weighted by Gasteiger charge is 2.20. The van der Waals surface area contributed by atoms with Crippen LogP contribution in [0.25, 0.3) is 0 Å². The van der Waals surface area contributed by atoms with Crippen LogP contribution in [0.2, 0.25) is 0 Å². The van der Waals surface area contributed by atoms with Crippen molar-refractivity contribution in [2.45, 2.75) is 13.0 Å². The van der Waals surface area contributed by atoms with Gasteiger partial charge < -0.3 is 15.4 Å². The second kappa shape index (κ2) is 4.44. The summed E-state index contributed by atoms with van der Waals surface area (Å²) in [5.74, 6) is -0.0535. The molecule has 0 radical (unpaired) electrons. The molecule has 0 aliphatic carbocycles. The molecule has 6 heteroatoms. The molecule has 1 aromatic rings. The van der Waals surface area contributed by atoms with E-state index in [-0.39, 0.29) is 11.9 Å². The van der Waals surface area contributed by atoms with Crippen LogP contribution in [0.4, 0.5) is 5.69 Å². The number of nitrogens with one attached hydrogen (secondary N) is 1. The van der Waals surface area contributed by atoms with E-state index in [2.05, 4.69) is 15.1 Å². The molecule has 0 amide bonds. The minimum atomic E-state index is -0.0535. The first-order valence-electron chi connectivity index (χ1n) is 5.21. The summed E-state index contributed by atoms with van der Waals surface area (Å²) in [6.07, 6.45) is 1.80. The van der Waals surface area contributed by atoms with Crippen molar-refractivity contribution in [1.29, 1.82) is 5.41 Å². The van der Waals surface area contributed by atoms with Gasteiger partial charge in [-0.25, -0.2) is 0 Å². The number of hydrogen-bond acceptors (Lipinski definition) is 5. The molecule has 86 valence electrons. The molecule has 16 heavy (non-hydrogen) atoms. The lowest BCUT2D eigenvalue weighted by Crippen LogP contribution is -2.42. The monoisotopic (exact) mass is 221 g/mol. The number of anilines is 1. The van der Waals surface area contributed by atoms with Crippen LogP contribution in [0.5, 0.6) is 0 Å². The van der Waals surface area contributed by atoms with Crippen LogP contribution in [-0.4, -0.2) is 41.8 Å². The van der Waals surface area contributed by atoms with Crippen molar-refractivity contribution in [1.82, 2.24) is 10.2 Å². The van der Waals surface area contributed by atoms with Gasteiger partial charge in [0.15, 0.2) is 5.69 Å². The second-order valence-electron chi connectivity index (χ2n) is 3.81. The Kier molecular flexibility index (Phi) is 3.00. The second-order valence-corrected chi connectivity index (χ2v) is 3.81. The van der Waals surface area contributed by atoms with E-state index < -0.39 is 0 Å². The van der Waals surface area contributed by atoms with Gasteiger partial charge in [0.1, 0.15) is 5.84 Å². The summed E-state index contributed by atoms with van der Waals surface area (Å²) in [7, 11) is 0. The van der Waals surface area contributed by atoms with Crippen LogP contribution in [0.15, 0.2) is 12.3 Å². The summed E-state index contributed by atoms with van der Waals surface area (Å²) in [4.78, 5) is 2.12. The summed E-state index contributed by atoms with van der Waals surface area (Å²) in [5.41, 5.74) is 6.78. The van der Waals surface area contributed by atoms with E-state index >= 15 is 0 Å². The first-order valence-corrected chi connectivity index (χ1v) is 5.21. The van der Waals surface area contributed by atoms with Gasteiger partial charge >= 0.3 is 0 Å². The fourth-order valence-electron chi connectivity index (χ4n) is 1.81. The highest BCUT2D eigenvalue weighted by atomic mass is 16.5. The molecule has 6 nitrogen and oxygen atoms in total. The van der Waals surface area contributed by atoms with Crippen LogP contribution >= 0.6 is 0 Å². The van der Waals surface area contributed by atoms with Gasteiger partial charge in [-0.2, -0.15) is 5.10 Å². The fourth-order valence-corrected chi connectivity index (χ4v) is 1.81. The Morgan fingerprint density at radius 3 is 3.19 bits per heavy atom. The minimum Gasteiger partial charge on any atom is -0.382 e. The Morgan fingerprint density at radius 1 is 1.69 bits per heavy atom. The molecule has 1 aliphatic heterocycles. The molecule has 1 aromatic heterocycles. The van der Waals surface area contributed by atoms with E-state index in [1.54, 1.807) is 6.20 Å². The first-order chi connectivity index (χ1) is 7.68. The Labute approximate surface area is 93.9 Å². The Morgan fingerprint density at radius 2 is 2.50 bits per heavy atom. The van der Waals surface area contributed by atoms with Gasteiger partial charge in [0.05, 0.1) is 24.6 Å². The van der Waals surface area contributed by atoms with Crippen LogP contribution in [-0.2, 0) is 4.74 Å². The van der Waals surface area contributed by atoms with Crippen LogP contribution in [0, 0.1) is 5.41 Å². The van der Waals surface area contributed by atoms with Crippen LogP contribution in [0.3, 0.4) is 0 Å². The Bertz CT molecular complexity index is 395. The third-order valence-corrected chi connectivity index (χ3v) is 2.54. The average Bonchev–Trinajstić information content (AvgIpc) is 2.29. The zero-order chi connectivity index (χ0) is 11.5. The predicted octanol–water partition coefficient (Wildman–Crippen LogP) is -0.0142. The van der Waals surface area contributed by atoms with Crippen LogP contribution < -0.4 is 10.6 Å². The lowest BCUT2D eigenvalue weighted by atomic mass is 10.2. The molecule has 0 spiro atoms. The number of nitrogen functional groups attached to an aromatic ring is 1. The van der Waals surface area contributed by atoms with Crippen molar-refractivity contribution in [2.24, 2.45) is 5.73 Å². The van der Waals surface area contributed by atoms with Crippen molar-refractivity contribution in [3.05, 3.63) is 18.0 Å². The predicted molar refractivity (Wildman–Crippen MR) is 60.7 cm³/mol. The van der Waals surface area contributed by atoms with Gasteiger partial charge in [-0.1, -0.05) is 0 Å². The molecule has 0 saturated carbocycles. The maximum absolute atomic E-state index is 7.46. The van der Waals surface area contributed by atoms with Crippen LogP contribution in [0.1, 0.15) is 12.6 Å². The summed E-state index contributed by atoms with van der Waals surface area (Å²) in [6, 6.07) is 1.84. The van der Waals surface area contributed by atoms with Crippen molar-refractivity contribution in [3.8, 4) is 0 Å². The lowest BCUT2D eigenvalue weighted by Gasteiger charge is -2.33. The SMILES string of the molecule is CC1CN(c2ccnnc2C(=N)N)CCO1. The van der Waals surface area contributed by atoms with E-state index in [0.717, 1.165) is 18.8 Å². The van der Waals surface area contributed by atoms with Gasteiger partial charge in [0.25, 0.3) is 0 Å². The normalized spacial score (nSPS) is 20.8. The molecule has 2 rings (SSSR count). The molecular weight excluding hydrogens is 206 g/mol. The molecule has 2 heterocycles. The first kappa shape index (κ1) is 10.8. The maximum atomic E-state index is 7.46. The smallest absolute Gasteiger partial charge is 0.150 e. The average molecular weight is 221 g/mol. The summed E-state index contributed by atoms with van der Waals surface area (Å²) >= 11 is 0. The summed E-state index contributed by atoms with van der Waals surface area (Å²) in [5, 5.41) is 15.1. The van der Waals surface area contributed by atoms with Crippen molar-refractivity contribution >= 4 is 11.5 Å².